The van der Waals surface area contributed by atoms with E-state index >= 15 is 0 Å². The highest BCUT2D eigenvalue weighted by atomic mass is 16.5. The summed E-state index contributed by atoms with van der Waals surface area (Å²) in [6.45, 7) is 4.28. The van der Waals surface area contributed by atoms with Crippen LogP contribution in [0.2, 0.25) is 0 Å². The van der Waals surface area contributed by atoms with E-state index in [2.05, 4.69) is 15.9 Å². The number of carbonyl (C=O) groups excluding carboxylic acids is 1. The number of benzene rings is 1. The number of esters is 1. The molecule has 0 saturated heterocycles. The minimum Gasteiger partial charge on any atom is -0.471 e. The third-order valence-corrected chi connectivity index (χ3v) is 2.72. The van der Waals surface area contributed by atoms with E-state index in [0.717, 1.165) is 11.3 Å². The molecule has 0 amide bonds. The summed E-state index contributed by atoms with van der Waals surface area (Å²) in [5.41, 5.74) is 2.53. The molecule has 2 rings (SSSR count). The molecule has 0 aliphatic rings. The molecule has 100 valence electrons. The van der Waals surface area contributed by atoms with Gasteiger partial charge in [-0.1, -0.05) is 17.7 Å². The van der Waals surface area contributed by atoms with Crippen molar-refractivity contribution in [3.8, 4) is 5.75 Å². The van der Waals surface area contributed by atoms with Crippen molar-refractivity contribution >= 4 is 5.97 Å². The van der Waals surface area contributed by atoms with Crippen molar-refractivity contribution in [2.75, 3.05) is 7.11 Å². The summed E-state index contributed by atoms with van der Waals surface area (Å²) in [6, 6.07) is 7.57. The number of methoxy groups -OCH3 is 1. The largest absolute Gasteiger partial charge is 0.471 e. The van der Waals surface area contributed by atoms with Crippen molar-refractivity contribution in [3.63, 3.8) is 0 Å². The molecule has 5 nitrogen and oxygen atoms in total. The molecule has 0 atom stereocenters. The van der Waals surface area contributed by atoms with Crippen molar-refractivity contribution in [1.29, 1.82) is 0 Å². The van der Waals surface area contributed by atoms with E-state index in [1.54, 1.807) is 16.9 Å². The molecule has 0 unspecified atom stereocenters. The van der Waals surface area contributed by atoms with Gasteiger partial charge in [-0.15, -0.1) is 0 Å². The lowest BCUT2D eigenvalue weighted by Crippen LogP contribution is -2.09. The number of rotatable bonds is 4. The summed E-state index contributed by atoms with van der Waals surface area (Å²) in [5, 5.41) is 4.06. The first-order chi connectivity index (χ1) is 9.10. The lowest BCUT2D eigenvalue weighted by Gasteiger charge is -2.09. The second-order valence-electron chi connectivity index (χ2n) is 4.27. The maximum Gasteiger partial charge on any atom is 0.358 e. The third-order valence-electron chi connectivity index (χ3n) is 2.72. The number of ether oxygens (including phenoxy) is 2. The predicted molar refractivity (Wildman–Crippen MR) is 70.1 cm³/mol. The van der Waals surface area contributed by atoms with Crippen LogP contribution in [0.3, 0.4) is 0 Å². The Hall–Kier alpha value is -2.30. The summed E-state index contributed by atoms with van der Waals surface area (Å²) < 4.78 is 11.8. The number of aryl methyl sites for hydroxylation is 2. The maximum atomic E-state index is 11.3. The minimum absolute atomic E-state index is 0.251. The first-order valence-corrected chi connectivity index (χ1v) is 5.92. The highest BCUT2D eigenvalue weighted by Gasteiger charge is 2.09. The van der Waals surface area contributed by atoms with Gasteiger partial charge in [-0.3, -0.25) is 0 Å². The smallest absolute Gasteiger partial charge is 0.358 e. The Morgan fingerprint density at radius 3 is 2.79 bits per heavy atom. The van der Waals surface area contributed by atoms with E-state index in [-0.39, 0.29) is 12.4 Å². The molecule has 1 heterocycles. The Balaban J connectivity index is 2.02. The van der Waals surface area contributed by atoms with Crippen molar-refractivity contribution in [2.45, 2.75) is 20.6 Å². The Morgan fingerprint density at radius 1 is 1.32 bits per heavy atom. The van der Waals surface area contributed by atoms with Crippen molar-refractivity contribution in [3.05, 3.63) is 47.3 Å². The zero-order valence-electron chi connectivity index (χ0n) is 11.2. The van der Waals surface area contributed by atoms with Gasteiger partial charge < -0.3 is 9.47 Å². The monoisotopic (exact) mass is 260 g/mol. The van der Waals surface area contributed by atoms with Crippen molar-refractivity contribution < 1.29 is 14.3 Å². The van der Waals surface area contributed by atoms with Gasteiger partial charge in [0.05, 0.1) is 7.11 Å². The Labute approximate surface area is 111 Å². The molecular weight excluding hydrogens is 244 g/mol. The van der Waals surface area contributed by atoms with Crippen LogP contribution in [0.4, 0.5) is 0 Å². The first-order valence-electron chi connectivity index (χ1n) is 5.92. The molecule has 0 aliphatic heterocycles. The van der Waals surface area contributed by atoms with Gasteiger partial charge in [0.1, 0.15) is 5.75 Å². The van der Waals surface area contributed by atoms with Crippen LogP contribution in [0.1, 0.15) is 21.6 Å². The van der Waals surface area contributed by atoms with Gasteiger partial charge >= 0.3 is 5.97 Å². The third kappa shape index (κ3) is 3.13. The minimum atomic E-state index is -0.453. The Bertz CT molecular complexity index is 590. The van der Waals surface area contributed by atoms with E-state index in [0.29, 0.717) is 0 Å². The van der Waals surface area contributed by atoms with Crippen LogP contribution in [0, 0.1) is 13.8 Å². The number of carbonyl (C=O) groups is 1. The van der Waals surface area contributed by atoms with Crippen molar-refractivity contribution in [2.24, 2.45) is 0 Å². The second-order valence-corrected chi connectivity index (χ2v) is 4.27. The van der Waals surface area contributed by atoms with Gasteiger partial charge in [0.25, 0.3) is 0 Å². The summed E-state index contributed by atoms with van der Waals surface area (Å²) in [7, 11) is 1.33. The fourth-order valence-electron chi connectivity index (χ4n) is 1.74. The summed E-state index contributed by atoms with van der Waals surface area (Å²) >= 11 is 0. The average molecular weight is 260 g/mol. The van der Waals surface area contributed by atoms with E-state index in [1.165, 1.54) is 12.7 Å². The molecule has 5 heteroatoms. The van der Waals surface area contributed by atoms with Gasteiger partial charge in [-0.2, -0.15) is 5.10 Å². The summed E-state index contributed by atoms with van der Waals surface area (Å²) in [5.74, 6) is 0.353. The van der Waals surface area contributed by atoms with Gasteiger partial charge in [-0.25, -0.2) is 9.48 Å². The highest BCUT2D eigenvalue weighted by Crippen LogP contribution is 2.18. The first kappa shape index (κ1) is 13.1. The van der Waals surface area contributed by atoms with Gasteiger partial charge in [0.2, 0.25) is 0 Å². The number of hydrogen-bond acceptors (Lipinski definition) is 4. The Kier molecular flexibility index (Phi) is 3.85. The highest BCUT2D eigenvalue weighted by molar-refractivity contribution is 5.86. The van der Waals surface area contributed by atoms with Gasteiger partial charge in [-0.05, 0) is 31.5 Å². The molecule has 0 fully saturated rings. The fourth-order valence-corrected chi connectivity index (χ4v) is 1.74. The lowest BCUT2D eigenvalue weighted by atomic mass is 10.1. The van der Waals surface area contributed by atoms with Gasteiger partial charge in [0.15, 0.2) is 12.4 Å². The Morgan fingerprint density at radius 2 is 2.11 bits per heavy atom. The lowest BCUT2D eigenvalue weighted by molar-refractivity contribution is 0.0592. The molecule has 1 aromatic carbocycles. The van der Waals surface area contributed by atoms with E-state index in [4.69, 9.17) is 4.74 Å². The normalized spacial score (nSPS) is 10.3. The molecule has 0 saturated carbocycles. The summed E-state index contributed by atoms with van der Waals surface area (Å²) in [4.78, 5) is 11.3. The molecule has 2 aromatic rings. The van der Waals surface area contributed by atoms with Crippen molar-refractivity contribution in [1.82, 2.24) is 9.78 Å². The van der Waals surface area contributed by atoms with Crippen LogP contribution in [-0.2, 0) is 11.5 Å². The molecule has 0 N–H and O–H groups in total. The van der Waals surface area contributed by atoms with E-state index in [9.17, 15) is 4.79 Å². The zero-order valence-corrected chi connectivity index (χ0v) is 11.2. The molecular formula is C14H16N2O3. The maximum absolute atomic E-state index is 11.3. The van der Waals surface area contributed by atoms with Crippen LogP contribution in [0.15, 0.2) is 30.5 Å². The van der Waals surface area contributed by atoms with Crippen LogP contribution >= 0.6 is 0 Å². The number of hydrogen-bond donors (Lipinski definition) is 0. The number of nitrogens with zero attached hydrogens (tertiary/aromatic N) is 2. The fraction of sp³-hybridized carbons (Fsp3) is 0.286. The summed E-state index contributed by atoms with van der Waals surface area (Å²) in [6.07, 6.45) is 1.68. The standard InChI is InChI=1S/C14H16N2O3/c1-10-4-5-13(11(2)8-10)19-9-16-7-6-12(15-16)14(17)18-3/h4-8H,9H2,1-3H3. The zero-order chi connectivity index (χ0) is 13.8. The van der Waals surface area contributed by atoms with Crippen LogP contribution < -0.4 is 4.74 Å². The van der Waals surface area contributed by atoms with Gasteiger partial charge in [0, 0.05) is 6.20 Å². The number of aromatic nitrogens is 2. The van der Waals surface area contributed by atoms with Crippen LogP contribution in [-0.4, -0.2) is 22.9 Å². The van der Waals surface area contributed by atoms with Crippen LogP contribution in [0.5, 0.6) is 5.75 Å². The second kappa shape index (κ2) is 5.56. The molecule has 1 aromatic heterocycles. The topological polar surface area (TPSA) is 53.4 Å². The molecule has 0 radical (unpaired) electrons. The van der Waals surface area contributed by atoms with Crippen LogP contribution in [0.25, 0.3) is 0 Å². The predicted octanol–water partition coefficient (Wildman–Crippen LogP) is 2.32. The quantitative estimate of drug-likeness (QED) is 0.792. The molecule has 19 heavy (non-hydrogen) atoms. The average Bonchev–Trinajstić information content (AvgIpc) is 2.85. The molecule has 0 spiro atoms. The molecule has 0 aliphatic carbocycles. The molecule has 0 bridgehead atoms. The van der Waals surface area contributed by atoms with E-state index < -0.39 is 5.97 Å². The SMILES string of the molecule is COC(=O)c1ccn(COc2ccc(C)cc2C)n1. The van der Waals surface area contributed by atoms with E-state index in [1.807, 2.05) is 26.0 Å².